The Morgan fingerprint density at radius 1 is 1.57 bits per heavy atom. The molecule has 1 aliphatic heterocycles. The van der Waals surface area contributed by atoms with E-state index in [1.54, 1.807) is 0 Å². The molecule has 0 aliphatic carbocycles. The minimum atomic E-state index is 0.302. The van der Waals surface area contributed by atoms with Gasteiger partial charge in [-0.25, -0.2) is 0 Å². The van der Waals surface area contributed by atoms with E-state index in [2.05, 4.69) is 11.8 Å². The third-order valence-electron chi connectivity index (χ3n) is 2.98. The van der Waals surface area contributed by atoms with E-state index in [4.69, 9.17) is 23.1 Å². The smallest absolute Gasteiger partial charge is 0.0768 e. The minimum absolute atomic E-state index is 0.302. The van der Waals surface area contributed by atoms with Crippen LogP contribution >= 0.6 is 12.2 Å². The summed E-state index contributed by atoms with van der Waals surface area (Å²) in [5.74, 6) is 0.807. The molecule has 1 fully saturated rings. The van der Waals surface area contributed by atoms with E-state index >= 15 is 0 Å². The van der Waals surface area contributed by atoms with E-state index in [0.717, 1.165) is 32.5 Å². The maximum atomic E-state index is 8.99. The summed E-state index contributed by atoms with van der Waals surface area (Å²) in [6, 6.07) is 0. The van der Waals surface area contributed by atoms with E-state index in [1.807, 2.05) is 0 Å². The summed E-state index contributed by atoms with van der Waals surface area (Å²) in [6.45, 7) is 5.50. The first-order valence-corrected chi connectivity index (χ1v) is 5.66. The van der Waals surface area contributed by atoms with Crippen molar-refractivity contribution in [2.45, 2.75) is 19.8 Å². The molecule has 1 atom stereocenters. The second kappa shape index (κ2) is 5.63. The van der Waals surface area contributed by atoms with E-state index in [-0.39, 0.29) is 0 Å². The summed E-state index contributed by atoms with van der Waals surface area (Å²) >= 11 is 4.94. The Morgan fingerprint density at radius 3 is 2.57 bits per heavy atom. The van der Waals surface area contributed by atoms with Crippen LogP contribution in [0.25, 0.3) is 0 Å². The molecule has 0 spiro atoms. The van der Waals surface area contributed by atoms with Gasteiger partial charge in [0.25, 0.3) is 0 Å². The number of nitrogens with two attached hydrogens (primary N) is 1. The van der Waals surface area contributed by atoms with E-state index in [1.165, 1.54) is 0 Å². The monoisotopic (exact) mass is 216 g/mol. The van der Waals surface area contributed by atoms with E-state index < -0.39 is 0 Å². The Balaban J connectivity index is 2.25. The summed E-state index contributed by atoms with van der Waals surface area (Å²) in [4.78, 5) is 2.99. The van der Waals surface area contributed by atoms with Gasteiger partial charge in [-0.05, 0) is 31.8 Å². The molecule has 0 radical (unpaired) electrons. The first kappa shape index (κ1) is 11.9. The number of hydrogen-bond donors (Lipinski definition) is 2. The summed E-state index contributed by atoms with van der Waals surface area (Å²) in [7, 11) is 0. The van der Waals surface area contributed by atoms with E-state index in [0.29, 0.717) is 23.4 Å². The van der Waals surface area contributed by atoms with Gasteiger partial charge in [-0.15, -0.1) is 0 Å². The van der Waals surface area contributed by atoms with Crippen LogP contribution < -0.4 is 5.73 Å². The van der Waals surface area contributed by atoms with Crippen LogP contribution in [-0.4, -0.2) is 41.2 Å². The van der Waals surface area contributed by atoms with Crippen LogP contribution in [0.5, 0.6) is 0 Å². The topological polar surface area (TPSA) is 49.5 Å². The standard InChI is InChI=1S/C10H20N2OS/c1-8(10(11)14)6-12-4-2-9(7-13)3-5-12/h8-9,13H,2-7H2,1H3,(H2,11,14). The van der Waals surface area contributed by atoms with Gasteiger partial charge in [0, 0.05) is 19.1 Å². The normalized spacial score (nSPS) is 22.1. The molecule has 14 heavy (non-hydrogen) atoms. The second-order valence-corrected chi connectivity index (χ2v) is 4.70. The molecule has 3 N–H and O–H groups in total. The number of thiocarbonyl (C=S) groups is 1. The number of piperidine rings is 1. The second-order valence-electron chi connectivity index (χ2n) is 4.23. The third kappa shape index (κ3) is 3.52. The lowest BCUT2D eigenvalue weighted by molar-refractivity contribution is 0.127. The molecule has 0 aromatic heterocycles. The molecular weight excluding hydrogens is 196 g/mol. The van der Waals surface area contributed by atoms with Gasteiger partial charge in [-0.3, -0.25) is 0 Å². The maximum absolute atomic E-state index is 8.99. The summed E-state index contributed by atoms with van der Waals surface area (Å²) in [6.07, 6.45) is 2.20. The Bertz CT molecular complexity index is 191. The lowest BCUT2D eigenvalue weighted by atomic mass is 9.97. The highest BCUT2D eigenvalue weighted by atomic mass is 32.1. The van der Waals surface area contributed by atoms with Crippen LogP contribution in [0.1, 0.15) is 19.8 Å². The molecule has 0 amide bonds. The number of hydrogen-bond acceptors (Lipinski definition) is 3. The number of nitrogens with zero attached hydrogens (tertiary/aromatic N) is 1. The van der Waals surface area contributed by atoms with Crippen molar-refractivity contribution in [3.63, 3.8) is 0 Å². The quantitative estimate of drug-likeness (QED) is 0.676. The molecule has 1 unspecified atom stereocenters. The SMILES string of the molecule is CC(CN1CCC(CO)CC1)C(N)=S. The molecule has 82 valence electrons. The molecule has 0 bridgehead atoms. The van der Waals surface area contributed by atoms with Gasteiger partial charge in [-0.2, -0.15) is 0 Å². The molecule has 0 saturated carbocycles. The van der Waals surface area contributed by atoms with Crippen LogP contribution in [0.3, 0.4) is 0 Å². The molecule has 3 nitrogen and oxygen atoms in total. The van der Waals surface area contributed by atoms with Crippen LogP contribution in [-0.2, 0) is 0 Å². The van der Waals surface area contributed by atoms with Crippen molar-refractivity contribution >= 4 is 17.2 Å². The summed E-state index contributed by atoms with van der Waals surface area (Å²) < 4.78 is 0. The largest absolute Gasteiger partial charge is 0.396 e. The van der Waals surface area contributed by atoms with Crippen LogP contribution in [0.2, 0.25) is 0 Å². The average molecular weight is 216 g/mol. The Labute approximate surface area is 91.3 Å². The lowest BCUT2D eigenvalue weighted by Gasteiger charge is -2.32. The van der Waals surface area contributed by atoms with Gasteiger partial charge in [-0.1, -0.05) is 19.1 Å². The van der Waals surface area contributed by atoms with Gasteiger partial charge in [0.05, 0.1) is 4.99 Å². The third-order valence-corrected chi connectivity index (χ3v) is 3.39. The van der Waals surface area contributed by atoms with Gasteiger partial charge >= 0.3 is 0 Å². The van der Waals surface area contributed by atoms with Crippen molar-refractivity contribution in [2.75, 3.05) is 26.2 Å². The lowest BCUT2D eigenvalue weighted by Crippen LogP contribution is -2.39. The van der Waals surface area contributed by atoms with Crippen molar-refractivity contribution in [1.82, 2.24) is 4.90 Å². The van der Waals surface area contributed by atoms with Crippen LogP contribution in [0, 0.1) is 11.8 Å². The van der Waals surface area contributed by atoms with Gasteiger partial charge < -0.3 is 15.7 Å². The number of likely N-dealkylation sites (tertiary alicyclic amines) is 1. The molecule has 0 aromatic carbocycles. The fraction of sp³-hybridized carbons (Fsp3) is 0.900. The molecular formula is C10H20N2OS. The van der Waals surface area contributed by atoms with Crippen molar-refractivity contribution < 1.29 is 5.11 Å². The molecule has 1 rings (SSSR count). The Kier molecular flexibility index (Phi) is 4.78. The van der Waals surface area contributed by atoms with Crippen LogP contribution in [0.4, 0.5) is 0 Å². The highest BCUT2D eigenvalue weighted by molar-refractivity contribution is 7.80. The summed E-state index contributed by atoms with van der Waals surface area (Å²) in [5.41, 5.74) is 5.57. The number of rotatable bonds is 4. The van der Waals surface area contributed by atoms with Crippen molar-refractivity contribution in [1.29, 1.82) is 0 Å². The molecule has 1 heterocycles. The number of aliphatic hydroxyl groups excluding tert-OH is 1. The fourth-order valence-electron chi connectivity index (χ4n) is 1.83. The number of aliphatic hydroxyl groups is 1. The maximum Gasteiger partial charge on any atom is 0.0768 e. The van der Waals surface area contributed by atoms with Gasteiger partial charge in [0.1, 0.15) is 0 Å². The predicted molar refractivity (Wildman–Crippen MR) is 62.2 cm³/mol. The van der Waals surface area contributed by atoms with Crippen molar-refractivity contribution in [3.05, 3.63) is 0 Å². The zero-order valence-corrected chi connectivity index (χ0v) is 9.59. The Morgan fingerprint density at radius 2 is 2.14 bits per heavy atom. The molecule has 4 heteroatoms. The molecule has 0 aromatic rings. The predicted octanol–water partition coefficient (Wildman–Crippen LogP) is 0.613. The zero-order valence-electron chi connectivity index (χ0n) is 8.78. The first-order valence-electron chi connectivity index (χ1n) is 5.26. The first-order chi connectivity index (χ1) is 6.63. The average Bonchev–Trinajstić information content (AvgIpc) is 2.19. The minimum Gasteiger partial charge on any atom is -0.396 e. The summed E-state index contributed by atoms with van der Waals surface area (Å²) in [5, 5.41) is 8.99. The van der Waals surface area contributed by atoms with Crippen molar-refractivity contribution in [3.8, 4) is 0 Å². The molecule has 1 saturated heterocycles. The van der Waals surface area contributed by atoms with E-state index in [9.17, 15) is 0 Å². The fourth-order valence-corrected chi connectivity index (χ4v) is 1.90. The molecule has 1 aliphatic rings. The van der Waals surface area contributed by atoms with Crippen molar-refractivity contribution in [2.24, 2.45) is 17.6 Å². The van der Waals surface area contributed by atoms with Crippen LogP contribution in [0.15, 0.2) is 0 Å². The highest BCUT2D eigenvalue weighted by Gasteiger charge is 2.20. The Hall–Kier alpha value is -0.190. The van der Waals surface area contributed by atoms with Gasteiger partial charge in [0.2, 0.25) is 0 Å². The zero-order chi connectivity index (χ0) is 10.6. The van der Waals surface area contributed by atoms with Gasteiger partial charge in [0.15, 0.2) is 0 Å². The highest BCUT2D eigenvalue weighted by Crippen LogP contribution is 2.17.